The smallest absolute Gasteiger partial charge is 0.208 e. The number of aromatic nitrogens is 1. The molecule has 1 aromatic carbocycles. The van der Waals surface area contributed by atoms with E-state index in [0.29, 0.717) is 23.2 Å². The minimum absolute atomic E-state index is 0.0576. The molecular formula is C23H27F2N3O3S. The fraction of sp³-hybridized carbons (Fsp3) is 0.478. The molecule has 1 fully saturated rings. The van der Waals surface area contributed by atoms with Crippen LogP contribution in [0.2, 0.25) is 0 Å². The van der Waals surface area contributed by atoms with E-state index >= 15 is 0 Å². The average molecular weight is 464 g/mol. The third kappa shape index (κ3) is 4.99. The van der Waals surface area contributed by atoms with Crippen molar-refractivity contribution in [1.29, 1.82) is 0 Å². The van der Waals surface area contributed by atoms with Gasteiger partial charge in [-0.2, -0.15) is 0 Å². The Hall–Kier alpha value is -2.39. The Balaban J connectivity index is 1.52. The van der Waals surface area contributed by atoms with Gasteiger partial charge in [0.2, 0.25) is 10.0 Å². The van der Waals surface area contributed by atoms with E-state index in [4.69, 9.17) is 4.84 Å². The highest BCUT2D eigenvalue weighted by molar-refractivity contribution is 7.88. The molecular weight excluding hydrogens is 436 g/mol. The maximum absolute atomic E-state index is 14.7. The van der Waals surface area contributed by atoms with Gasteiger partial charge in [-0.1, -0.05) is 5.16 Å². The molecule has 1 atom stereocenters. The predicted molar refractivity (Wildman–Crippen MR) is 119 cm³/mol. The molecule has 0 saturated heterocycles. The van der Waals surface area contributed by atoms with Crippen molar-refractivity contribution in [1.82, 2.24) is 9.71 Å². The molecule has 2 aromatic rings. The molecule has 1 aliphatic carbocycles. The summed E-state index contributed by atoms with van der Waals surface area (Å²) in [6.45, 7) is 3.47. The SMILES string of the molecule is Cc1cc(F)c(-c2cc(C)cnc2C2CC([C@H]3CC[C@@H](NS(C)(=O)=O)CC3)=NO2)c(F)c1. The van der Waals surface area contributed by atoms with Crippen molar-refractivity contribution in [3.8, 4) is 11.1 Å². The molecule has 6 nitrogen and oxygen atoms in total. The van der Waals surface area contributed by atoms with E-state index in [-0.39, 0.29) is 17.5 Å². The molecule has 0 radical (unpaired) electrons. The Bertz CT molecular complexity index is 1140. The number of oxime groups is 1. The second-order valence-corrected chi connectivity index (χ2v) is 10.6. The first-order valence-electron chi connectivity index (χ1n) is 10.7. The highest BCUT2D eigenvalue weighted by Gasteiger charge is 2.34. The van der Waals surface area contributed by atoms with E-state index in [0.717, 1.165) is 37.0 Å². The molecule has 0 bridgehead atoms. The van der Waals surface area contributed by atoms with Gasteiger partial charge in [0, 0.05) is 30.1 Å². The molecule has 1 saturated carbocycles. The van der Waals surface area contributed by atoms with Gasteiger partial charge in [0.15, 0.2) is 6.10 Å². The molecule has 9 heteroatoms. The van der Waals surface area contributed by atoms with Gasteiger partial charge in [0.05, 0.1) is 23.2 Å². The molecule has 172 valence electrons. The van der Waals surface area contributed by atoms with Crippen LogP contribution < -0.4 is 4.72 Å². The monoisotopic (exact) mass is 463 g/mol. The second-order valence-electron chi connectivity index (χ2n) is 8.87. The normalized spacial score (nSPS) is 23.7. The van der Waals surface area contributed by atoms with E-state index in [9.17, 15) is 17.2 Å². The summed E-state index contributed by atoms with van der Waals surface area (Å²) < 4.78 is 55.1. The maximum Gasteiger partial charge on any atom is 0.208 e. The summed E-state index contributed by atoms with van der Waals surface area (Å²) in [6.07, 6.45) is 5.87. The summed E-state index contributed by atoms with van der Waals surface area (Å²) in [7, 11) is -3.22. The standard InChI is InChI=1S/C23H27F2N3O3S/c1-13-9-18(24)22(19(25)10-13)17-8-14(2)12-26-23(17)21-11-20(27-31-21)15-4-6-16(7-5-15)28-32(3,29)30/h8-10,12,15-16,21,28H,4-7,11H2,1-3H3/t15-,16+,21?. The van der Waals surface area contributed by atoms with Gasteiger partial charge >= 0.3 is 0 Å². The van der Waals surface area contributed by atoms with Crippen LogP contribution in [0, 0.1) is 31.4 Å². The number of pyridine rings is 1. The van der Waals surface area contributed by atoms with Crippen molar-refractivity contribution in [3.63, 3.8) is 0 Å². The van der Waals surface area contributed by atoms with Gasteiger partial charge in [0.1, 0.15) is 11.6 Å². The fourth-order valence-corrected chi connectivity index (χ4v) is 5.47. The zero-order valence-corrected chi connectivity index (χ0v) is 19.2. The lowest BCUT2D eigenvalue weighted by molar-refractivity contribution is 0.0829. The lowest BCUT2D eigenvalue weighted by Crippen LogP contribution is -2.38. The van der Waals surface area contributed by atoms with E-state index in [1.807, 2.05) is 6.92 Å². The van der Waals surface area contributed by atoms with Crippen molar-refractivity contribution in [2.45, 2.75) is 58.1 Å². The van der Waals surface area contributed by atoms with E-state index in [1.165, 1.54) is 18.4 Å². The summed E-state index contributed by atoms with van der Waals surface area (Å²) in [6, 6.07) is 4.29. The number of benzene rings is 1. The number of hydrogen-bond acceptors (Lipinski definition) is 5. The highest BCUT2D eigenvalue weighted by atomic mass is 32.2. The first-order valence-corrected chi connectivity index (χ1v) is 12.6. The molecule has 2 aliphatic rings. The number of halogens is 2. The van der Waals surface area contributed by atoms with Crippen LogP contribution in [0.5, 0.6) is 0 Å². The number of sulfonamides is 1. The summed E-state index contributed by atoms with van der Waals surface area (Å²) in [5, 5.41) is 4.28. The summed E-state index contributed by atoms with van der Waals surface area (Å²) in [4.78, 5) is 10.2. The topological polar surface area (TPSA) is 80.7 Å². The Morgan fingerprint density at radius 2 is 1.69 bits per heavy atom. The Kier molecular flexibility index (Phi) is 6.31. The van der Waals surface area contributed by atoms with E-state index < -0.39 is 27.8 Å². The average Bonchev–Trinajstić information content (AvgIpc) is 3.16. The van der Waals surface area contributed by atoms with Crippen molar-refractivity contribution >= 4 is 15.7 Å². The zero-order chi connectivity index (χ0) is 23.0. The van der Waals surface area contributed by atoms with E-state index in [1.54, 1.807) is 19.2 Å². The predicted octanol–water partition coefficient (Wildman–Crippen LogP) is 4.57. The van der Waals surface area contributed by atoms with Crippen molar-refractivity contribution in [3.05, 3.63) is 52.9 Å². The van der Waals surface area contributed by atoms with Gasteiger partial charge in [-0.15, -0.1) is 0 Å². The molecule has 1 aromatic heterocycles. The number of nitrogens with one attached hydrogen (secondary N) is 1. The summed E-state index contributed by atoms with van der Waals surface area (Å²) in [5.74, 6) is -1.07. The van der Waals surface area contributed by atoms with Crippen LogP contribution in [-0.2, 0) is 14.9 Å². The van der Waals surface area contributed by atoms with Gasteiger partial charge in [-0.25, -0.2) is 21.9 Å². The highest BCUT2D eigenvalue weighted by Crippen LogP contribution is 2.39. The van der Waals surface area contributed by atoms with Crippen LogP contribution in [0.4, 0.5) is 8.78 Å². The molecule has 0 spiro atoms. The molecule has 4 rings (SSSR count). The van der Waals surface area contributed by atoms with Gasteiger partial charge in [-0.3, -0.25) is 4.98 Å². The Morgan fingerprint density at radius 1 is 1.03 bits per heavy atom. The number of hydrogen-bond donors (Lipinski definition) is 1. The third-order valence-corrected chi connectivity index (χ3v) is 6.85. The number of aryl methyl sites for hydroxylation is 2. The van der Waals surface area contributed by atoms with Gasteiger partial charge in [0.25, 0.3) is 0 Å². The first-order chi connectivity index (χ1) is 15.1. The van der Waals surface area contributed by atoms with E-state index in [2.05, 4.69) is 14.9 Å². The van der Waals surface area contributed by atoms with Crippen LogP contribution in [0.3, 0.4) is 0 Å². The summed E-state index contributed by atoms with van der Waals surface area (Å²) in [5.41, 5.74) is 2.93. The number of rotatable bonds is 5. The molecule has 0 amide bonds. The minimum atomic E-state index is -3.22. The molecule has 32 heavy (non-hydrogen) atoms. The fourth-order valence-electron chi connectivity index (χ4n) is 4.62. The zero-order valence-electron chi connectivity index (χ0n) is 18.4. The quantitative estimate of drug-likeness (QED) is 0.704. The minimum Gasteiger partial charge on any atom is -0.386 e. The molecule has 1 unspecified atom stereocenters. The Labute approximate surface area is 187 Å². The molecule has 1 N–H and O–H groups in total. The van der Waals surface area contributed by atoms with Crippen molar-refractivity contribution in [2.75, 3.05) is 6.26 Å². The van der Waals surface area contributed by atoms with Gasteiger partial charge < -0.3 is 4.84 Å². The van der Waals surface area contributed by atoms with Crippen molar-refractivity contribution < 1.29 is 22.0 Å². The van der Waals surface area contributed by atoms with Crippen LogP contribution >= 0.6 is 0 Å². The second kappa shape index (κ2) is 8.86. The van der Waals surface area contributed by atoms with Crippen LogP contribution in [0.25, 0.3) is 11.1 Å². The molecule has 1 aliphatic heterocycles. The van der Waals surface area contributed by atoms with Crippen LogP contribution in [0.1, 0.15) is 55.0 Å². The lowest BCUT2D eigenvalue weighted by Gasteiger charge is -2.28. The lowest BCUT2D eigenvalue weighted by atomic mass is 9.81. The van der Waals surface area contributed by atoms with Crippen molar-refractivity contribution in [2.24, 2.45) is 11.1 Å². The molecule has 2 heterocycles. The third-order valence-electron chi connectivity index (χ3n) is 6.09. The van der Waals surface area contributed by atoms with Crippen LogP contribution in [0.15, 0.2) is 29.6 Å². The van der Waals surface area contributed by atoms with Gasteiger partial charge in [-0.05, 0) is 68.9 Å². The first kappa shape index (κ1) is 22.8. The number of nitrogens with zero attached hydrogens (tertiary/aromatic N) is 2. The maximum atomic E-state index is 14.7. The Morgan fingerprint density at radius 3 is 2.31 bits per heavy atom. The summed E-state index contributed by atoms with van der Waals surface area (Å²) >= 11 is 0. The van der Waals surface area contributed by atoms with Crippen LogP contribution in [-0.4, -0.2) is 31.4 Å². The largest absolute Gasteiger partial charge is 0.386 e.